The third kappa shape index (κ3) is 2.39. The van der Waals surface area contributed by atoms with Crippen LogP contribution in [0, 0.1) is 32.1 Å². The zero-order valence-electron chi connectivity index (χ0n) is 13.5. The van der Waals surface area contributed by atoms with E-state index >= 15 is 0 Å². The number of Topliss-reactive ketones (excluding diaryl/α,β-unsaturated/α-hetero) is 1. The molecule has 3 atom stereocenters. The Hall–Kier alpha value is -1.64. The van der Waals surface area contributed by atoms with Crippen LogP contribution in [0.1, 0.15) is 54.9 Å². The summed E-state index contributed by atoms with van der Waals surface area (Å²) < 4.78 is 0. The number of carbonyl (C=O) groups is 2. The highest BCUT2D eigenvalue weighted by molar-refractivity contribution is 6.03. The van der Waals surface area contributed by atoms with Gasteiger partial charge in [0.1, 0.15) is 11.2 Å². The molecule has 0 heterocycles. The van der Waals surface area contributed by atoms with Crippen molar-refractivity contribution in [2.45, 2.75) is 53.4 Å². The average molecular weight is 288 g/mol. The summed E-state index contributed by atoms with van der Waals surface area (Å²) in [4.78, 5) is 24.2. The van der Waals surface area contributed by atoms with Gasteiger partial charge in [-0.05, 0) is 63.1 Å². The first kappa shape index (κ1) is 15.7. The van der Waals surface area contributed by atoms with E-state index in [1.54, 1.807) is 0 Å². The number of benzene rings is 1. The van der Waals surface area contributed by atoms with E-state index in [-0.39, 0.29) is 17.6 Å². The van der Waals surface area contributed by atoms with Crippen molar-refractivity contribution >= 4 is 11.8 Å². The van der Waals surface area contributed by atoms with Gasteiger partial charge in [0.05, 0.1) is 0 Å². The topological polar surface area (TPSA) is 54.4 Å². The van der Waals surface area contributed by atoms with Crippen molar-refractivity contribution in [1.29, 1.82) is 0 Å². The van der Waals surface area contributed by atoms with Gasteiger partial charge in [-0.2, -0.15) is 0 Å². The lowest BCUT2D eigenvalue weighted by molar-refractivity contribution is -0.155. The molecule has 0 amide bonds. The number of carboxylic acid groups (broad SMARTS) is 1. The first-order valence-electron chi connectivity index (χ1n) is 7.52. The Morgan fingerprint density at radius 1 is 1.19 bits per heavy atom. The third-order valence-electron chi connectivity index (χ3n) is 5.00. The molecule has 0 saturated heterocycles. The lowest BCUT2D eigenvalue weighted by Crippen LogP contribution is -2.40. The van der Waals surface area contributed by atoms with E-state index in [0.717, 1.165) is 23.1 Å². The predicted octanol–water partition coefficient (Wildman–Crippen LogP) is 3.79. The molecule has 114 valence electrons. The summed E-state index contributed by atoms with van der Waals surface area (Å²) in [7, 11) is 0. The second kappa shape index (κ2) is 5.28. The number of hydrogen-bond donors (Lipinski definition) is 1. The number of aryl methyl sites for hydroxylation is 3. The number of ketones is 1. The van der Waals surface area contributed by atoms with E-state index in [4.69, 9.17) is 0 Å². The van der Waals surface area contributed by atoms with Crippen LogP contribution in [0.3, 0.4) is 0 Å². The Morgan fingerprint density at radius 3 is 2.14 bits per heavy atom. The molecule has 1 aliphatic carbocycles. The minimum atomic E-state index is -1.26. The quantitative estimate of drug-likeness (QED) is 0.861. The third-order valence-corrected chi connectivity index (χ3v) is 5.00. The summed E-state index contributed by atoms with van der Waals surface area (Å²) in [6.45, 7) is 9.55. The van der Waals surface area contributed by atoms with Crippen molar-refractivity contribution < 1.29 is 14.7 Å². The molecular weight excluding hydrogens is 264 g/mol. The fourth-order valence-electron chi connectivity index (χ4n) is 4.26. The summed E-state index contributed by atoms with van der Waals surface area (Å²) in [6, 6.07) is 4.16. The fourth-order valence-corrected chi connectivity index (χ4v) is 4.26. The molecule has 0 spiro atoms. The molecule has 3 heteroatoms. The fraction of sp³-hybridized carbons (Fsp3) is 0.556. The van der Waals surface area contributed by atoms with Crippen LogP contribution in [0.5, 0.6) is 0 Å². The normalized spacial score (nSPS) is 28.6. The number of carbonyl (C=O) groups excluding carboxylic acids is 1. The Morgan fingerprint density at radius 2 is 1.71 bits per heavy atom. The van der Waals surface area contributed by atoms with Crippen molar-refractivity contribution in [2.24, 2.45) is 11.3 Å². The van der Waals surface area contributed by atoms with Crippen molar-refractivity contribution in [2.75, 3.05) is 0 Å². The Bertz CT molecular complexity index is 563. The van der Waals surface area contributed by atoms with Gasteiger partial charge in [-0.25, -0.2) is 0 Å². The number of carboxylic acids is 1. The van der Waals surface area contributed by atoms with Gasteiger partial charge in [0.15, 0.2) is 0 Å². The standard InChI is InChI=1S/C18H24O3/c1-10-6-12(3)16(13(4)7-10)15-8-11(2)9-18(15,14(5)19)17(20)21/h6-7,11,15H,8-9H2,1-5H3,(H,20,21). The van der Waals surface area contributed by atoms with Crippen molar-refractivity contribution in [3.8, 4) is 0 Å². The van der Waals surface area contributed by atoms with Crippen molar-refractivity contribution in [3.05, 3.63) is 34.4 Å². The SMILES string of the molecule is CC(=O)C1(C(=O)O)CC(C)CC1c1c(C)cc(C)cc1C. The molecular formula is C18H24O3. The minimum Gasteiger partial charge on any atom is -0.480 e. The average Bonchev–Trinajstić information content (AvgIpc) is 2.66. The van der Waals surface area contributed by atoms with Gasteiger partial charge in [-0.3, -0.25) is 9.59 Å². The maximum Gasteiger partial charge on any atom is 0.317 e. The monoisotopic (exact) mass is 288 g/mol. The summed E-state index contributed by atoms with van der Waals surface area (Å²) in [5.74, 6) is -1.16. The second-order valence-electron chi connectivity index (χ2n) is 6.74. The molecule has 21 heavy (non-hydrogen) atoms. The van der Waals surface area contributed by atoms with Crippen LogP contribution in [0.25, 0.3) is 0 Å². The largest absolute Gasteiger partial charge is 0.480 e. The number of aliphatic carboxylic acids is 1. The molecule has 1 aromatic carbocycles. The van der Waals surface area contributed by atoms with Crippen LogP contribution in [-0.2, 0) is 9.59 Å². The van der Waals surface area contributed by atoms with Gasteiger partial charge < -0.3 is 5.11 Å². The molecule has 0 radical (unpaired) electrons. The molecule has 1 saturated carbocycles. The van der Waals surface area contributed by atoms with E-state index in [1.165, 1.54) is 12.5 Å². The van der Waals surface area contributed by atoms with Gasteiger partial charge in [-0.1, -0.05) is 24.6 Å². The van der Waals surface area contributed by atoms with E-state index in [1.807, 2.05) is 27.7 Å². The molecule has 2 rings (SSSR count). The highest BCUT2D eigenvalue weighted by Gasteiger charge is 2.56. The maximum absolute atomic E-state index is 12.2. The van der Waals surface area contributed by atoms with Crippen LogP contribution in [-0.4, -0.2) is 16.9 Å². The number of hydrogen-bond acceptors (Lipinski definition) is 2. The highest BCUT2D eigenvalue weighted by Crippen LogP contribution is 2.54. The van der Waals surface area contributed by atoms with Crippen LogP contribution >= 0.6 is 0 Å². The van der Waals surface area contributed by atoms with Gasteiger partial charge in [0.2, 0.25) is 0 Å². The molecule has 1 aromatic rings. The Balaban J connectivity index is 2.66. The molecule has 1 fully saturated rings. The minimum absolute atomic E-state index is 0.219. The van der Waals surface area contributed by atoms with Crippen LogP contribution in [0.15, 0.2) is 12.1 Å². The predicted molar refractivity (Wildman–Crippen MR) is 82.5 cm³/mol. The van der Waals surface area contributed by atoms with Crippen LogP contribution in [0.2, 0.25) is 0 Å². The van der Waals surface area contributed by atoms with Gasteiger partial charge in [0, 0.05) is 5.92 Å². The van der Waals surface area contributed by atoms with E-state index in [2.05, 4.69) is 12.1 Å². The lowest BCUT2D eigenvalue weighted by atomic mass is 9.69. The second-order valence-corrected chi connectivity index (χ2v) is 6.74. The summed E-state index contributed by atoms with van der Waals surface area (Å²) in [5, 5.41) is 9.80. The van der Waals surface area contributed by atoms with Gasteiger partial charge >= 0.3 is 5.97 Å². The molecule has 3 unspecified atom stereocenters. The molecule has 0 aromatic heterocycles. The molecule has 1 aliphatic rings. The molecule has 3 nitrogen and oxygen atoms in total. The van der Waals surface area contributed by atoms with Crippen LogP contribution in [0.4, 0.5) is 0 Å². The van der Waals surface area contributed by atoms with E-state index in [9.17, 15) is 14.7 Å². The molecule has 1 N–H and O–H groups in total. The Labute approximate surface area is 126 Å². The van der Waals surface area contributed by atoms with Crippen LogP contribution < -0.4 is 0 Å². The first-order chi connectivity index (χ1) is 9.70. The summed E-state index contributed by atoms with van der Waals surface area (Å²) >= 11 is 0. The maximum atomic E-state index is 12.2. The smallest absolute Gasteiger partial charge is 0.317 e. The lowest BCUT2D eigenvalue weighted by Gasteiger charge is -2.31. The highest BCUT2D eigenvalue weighted by atomic mass is 16.4. The zero-order valence-corrected chi connectivity index (χ0v) is 13.5. The van der Waals surface area contributed by atoms with Gasteiger partial charge in [0.25, 0.3) is 0 Å². The van der Waals surface area contributed by atoms with E-state index < -0.39 is 11.4 Å². The molecule has 0 aliphatic heterocycles. The Kier molecular flexibility index (Phi) is 3.96. The van der Waals surface area contributed by atoms with Crippen molar-refractivity contribution in [3.63, 3.8) is 0 Å². The first-order valence-corrected chi connectivity index (χ1v) is 7.52. The number of rotatable bonds is 3. The van der Waals surface area contributed by atoms with Gasteiger partial charge in [-0.15, -0.1) is 0 Å². The summed E-state index contributed by atoms with van der Waals surface area (Å²) in [6.07, 6.45) is 1.20. The van der Waals surface area contributed by atoms with Crippen molar-refractivity contribution in [1.82, 2.24) is 0 Å². The van der Waals surface area contributed by atoms with E-state index in [0.29, 0.717) is 6.42 Å². The zero-order chi connectivity index (χ0) is 15.9. The molecule has 0 bridgehead atoms. The summed E-state index contributed by atoms with van der Waals surface area (Å²) in [5.41, 5.74) is 3.16.